The van der Waals surface area contributed by atoms with Gasteiger partial charge in [-0.25, -0.2) is 0 Å². The van der Waals surface area contributed by atoms with Crippen LogP contribution in [0, 0.1) is 0 Å². The molecule has 0 heterocycles. The van der Waals surface area contributed by atoms with Crippen molar-refractivity contribution < 1.29 is 14.3 Å². The second-order valence-electron chi connectivity index (χ2n) is 5.71. The number of para-hydroxylation sites is 1. The molecule has 0 bridgehead atoms. The SMILES string of the molecule is CCCCCNC(=O)c1ccc(OC)c(COc2ccccc2Cl)c1. The van der Waals surface area contributed by atoms with Crippen molar-refractivity contribution in [2.24, 2.45) is 0 Å². The summed E-state index contributed by atoms with van der Waals surface area (Å²) in [6.45, 7) is 3.09. The lowest BCUT2D eigenvalue weighted by Gasteiger charge is -2.13. The lowest BCUT2D eigenvalue weighted by molar-refractivity contribution is 0.0952. The van der Waals surface area contributed by atoms with Crippen molar-refractivity contribution in [1.82, 2.24) is 5.32 Å². The summed E-state index contributed by atoms with van der Waals surface area (Å²) in [7, 11) is 1.60. The summed E-state index contributed by atoms with van der Waals surface area (Å²) in [5.41, 5.74) is 1.39. The minimum absolute atomic E-state index is 0.0854. The molecule has 1 amide bonds. The van der Waals surface area contributed by atoms with Gasteiger partial charge in [-0.15, -0.1) is 0 Å². The largest absolute Gasteiger partial charge is 0.496 e. The molecule has 0 radical (unpaired) electrons. The average Bonchev–Trinajstić information content (AvgIpc) is 2.64. The number of halogens is 1. The van der Waals surface area contributed by atoms with Crippen molar-refractivity contribution in [1.29, 1.82) is 0 Å². The fraction of sp³-hybridized carbons (Fsp3) is 0.350. The van der Waals surface area contributed by atoms with Gasteiger partial charge in [-0.2, -0.15) is 0 Å². The molecular formula is C20H24ClNO3. The van der Waals surface area contributed by atoms with Crippen LogP contribution < -0.4 is 14.8 Å². The predicted molar refractivity (Wildman–Crippen MR) is 101 cm³/mol. The molecule has 5 heteroatoms. The van der Waals surface area contributed by atoms with Crippen LogP contribution in [-0.2, 0) is 6.61 Å². The van der Waals surface area contributed by atoms with E-state index in [9.17, 15) is 4.79 Å². The smallest absolute Gasteiger partial charge is 0.251 e. The Morgan fingerprint density at radius 1 is 1.12 bits per heavy atom. The Hall–Kier alpha value is -2.20. The molecule has 0 saturated carbocycles. The Balaban J connectivity index is 2.06. The first kappa shape index (κ1) is 19.1. The van der Waals surface area contributed by atoms with E-state index in [4.69, 9.17) is 21.1 Å². The van der Waals surface area contributed by atoms with Gasteiger partial charge in [0.2, 0.25) is 0 Å². The van der Waals surface area contributed by atoms with Crippen molar-refractivity contribution in [3.05, 3.63) is 58.6 Å². The van der Waals surface area contributed by atoms with Gasteiger partial charge in [-0.1, -0.05) is 43.5 Å². The topological polar surface area (TPSA) is 47.6 Å². The van der Waals surface area contributed by atoms with E-state index < -0.39 is 0 Å². The number of unbranched alkanes of at least 4 members (excludes halogenated alkanes) is 2. The molecule has 134 valence electrons. The van der Waals surface area contributed by atoms with E-state index in [2.05, 4.69) is 12.2 Å². The summed E-state index contributed by atoms with van der Waals surface area (Å²) in [5, 5.41) is 3.49. The third-order valence-electron chi connectivity index (χ3n) is 3.83. The van der Waals surface area contributed by atoms with Gasteiger partial charge in [-0.3, -0.25) is 4.79 Å². The number of carbonyl (C=O) groups excluding carboxylic acids is 1. The van der Waals surface area contributed by atoms with Crippen LogP contribution in [0.15, 0.2) is 42.5 Å². The van der Waals surface area contributed by atoms with Gasteiger partial charge in [0.15, 0.2) is 0 Å². The second kappa shape index (κ2) is 9.94. The highest BCUT2D eigenvalue weighted by molar-refractivity contribution is 6.32. The zero-order chi connectivity index (χ0) is 18.1. The van der Waals surface area contributed by atoms with E-state index >= 15 is 0 Å². The minimum atomic E-state index is -0.0854. The summed E-state index contributed by atoms with van der Waals surface area (Å²) in [5.74, 6) is 1.19. The van der Waals surface area contributed by atoms with Gasteiger partial charge in [0.05, 0.1) is 12.1 Å². The Labute approximate surface area is 154 Å². The highest BCUT2D eigenvalue weighted by atomic mass is 35.5. The zero-order valence-corrected chi connectivity index (χ0v) is 15.4. The number of hydrogen-bond acceptors (Lipinski definition) is 3. The molecule has 1 N–H and O–H groups in total. The van der Waals surface area contributed by atoms with E-state index in [1.54, 1.807) is 37.4 Å². The first-order valence-electron chi connectivity index (χ1n) is 8.48. The second-order valence-corrected chi connectivity index (χ2v) is 6.12. The first-order valence-corrected chi connectivity index (χ1v) is 8.86. The van der Waals surface area contributed by atoms with Gasteiger partial charge in [-0.05, 0) is 36.8 Å². The van der Waals surface area contributed by atoms with Crippen LogP contribution in [0.3, 0.4) is 0 Å². The molecule has 2 aromatic rings. The maximum absolute atomic E-state index is 12.3. The number of rotatable bonds is 9. The average molecular weight is 362 g/mol. The predicted octanol–water partition coefficient (Wildman–Crippen LogP) is 4.85. The number of hydrogen-bond donors (Lipinski definition) is 1. The van der Waals surface area contributed by atoms with Crippen molar-refractivity contribution >= 4 is 17.5 Å². The summed E-state index contributed by atoms with van der Waals surface area (Å²) >= 11 is 6.11. The van der Waals surface area contributed by atoms with Crippen LogP contribution in [0.1, 0.15) is 42.1 Å². The third-order valence-corrected chi connectivity index (χ3v) is 4.14. The lowest BCUT2D eigenvalue weighted by atomic mass is 10.1. The highest BCUT2D eigenvalue weighted by Gasteiger charge is 2.11. The molecule has 0 saturated heterocycles. The molecule has 0 aliphatic heterocycles. The number of amides is 1. The van der Waals surface area contributed by atoms with Crippen molar-refractivity contribution in [2.75, 3.05) is 13.7 Å². The highest BCUT2D eigenvalue weighted by Crippen LogP contribution is 2.26. The summed E-state index contributed by atoms with van der Waals surface area (Å²) < 4.78 is 11.1. The van der Waals surface area contributed by atoms with Gasteiger partial charge in [0.25, 0.3) is 5.91 Å². The number of nitrogens with one attached hydrogen (secondary N) is 1. The molecular weight excluding hydrogens is 338 g/mol. The molecule has 0 aliphatic rings. The minimum Gasteiger partial charge on any atom is -0.496 e. The van der Waals surface area contributed by atoms with Gasteiger partial charge >= 0.3 is 0 Å². The number of carbonyl (C=O) groups is 1. The summed E-state index contributed by atoms with van der Waals surface area (Å²) in [6, 6.07) is 12.6. The van der Waals surface area contributed by atoms with Crippen molar-refractivity contribution in [3.63, 3.8) is 0 Å². The van der Waals surface area contributed by atoms with Crippen molar-refractivity contribution in [2.45, 2.75) is 32.8 Å². The van der Waals surface area contributed by atoms with E-state index in [1.807, 2.05) is 12.1 Å². The van der Waals surface area contributed by atoms with Crippen LogP contribution in [0.2, 0.25) is 5.02 Å². The maximum atomic E-state index is 12.3. The molecule has 4 nitrogen and oxygen atoms in total. The maximum Gasteiger partial charge on any atom is 0.251 e. The van der Waals surface area contributed by atoms with Crippen LogP contribution in [0.5, 0.6) is 11.5 Å². The molecule has 2 rings (SSSR count). The number of ether oxygens (including phenoxy) is 2. The molecule has 0 unspecified atom stereocenters. The summed E-state index contributed by atoms with van der Waals surface area (Å²) in [4.78, 5) is 12.3. The van der Waals surface area contributed by atoms with Crippen LogP contribution >= 0.6 is 11.6 Å². The number of methoxy groups -OCH3 is 1. The Bertz CT molecular complexity index is 703. The number of benzene rings is 2. The quantitative estimate of drug-likeness (QED) is 0.649. The standard InChI is InChI=1S/C20H24ClNO3/c1-3-4-7-12-22-20(23)15-10-11-18(24-2)16(13-15)14-25-19-9-6-5-8-17(19)21/h5-6,8-11,13H,3-4,7,12,14H2,1-2H3,(H,22,23). The molecule has 0 fully saturated rings. The monoisotopic (exact) mass is 361 g/mol. The van der Waals surface area contributed by atoms with Gasteiger partial charge in [0.1, 0.15) is 18.1 Å². The zero-order valence-electron chi connectivity index (χ0n) is 14.7. The van der Waals surface area contributed by atoms with Crippen LogP contribution in [-0.4, -0.2) is 19.6 Å². The van der Waals surface area contributed by atoms with E-state index in [-0.39, 0.29) is 12.5 Å². The Morgan fingerprint density at radius 2 is 1.92 bits per heavy atom. The fourth-order valence-corrected chi connectivity index (χ4v) is 2.62. The third kappa shape index (κ3) is 5.68. The van der Waals surface area contributed by atoms with E-state index in [0.717, 1.165) is 24.8 Å². The van der Waals surface area contributed by atoms with Gasteiger partial charge in [0, 0.05) is 17.7 Å². The first-order chi connectivity index (χ1) is 12.2. The van der Waals surface area contributed by atoms with Crippen LogP contribution in [0.4, 0.5) is 0 Å². The summed E-state index contributed by atoms with van der Waals surface area (Å²) in [6.07, 6.45) is 3.22. The van der Waals surface area contributed by atoms with Crippen LogP contribution in [0.25, 0.3) is 0 Å². The Morgan fingerprint density at radius 3 is 2.64 bits per heavy atom. The molecule has 0 aromatic heterocycles. The van der Waals surface area contributed by atoms with Gasteiger partial charge < -0.3 is 14.8 Å². The molecule has 0 aliphatic carbocycles. The molecule has 25 heavy (non-hydrogen) atoms. The van der Waals surface area contributed by atoms with E-state index in [1.165, 1.54) is 0 Å². The normalized spacial score (nSPS) is 10.4. The molecule has 0 atom stereocenters. The molecule has 2 aromatic carbocycles. The lowest BCUT2D eigenvalue weighted by Crippen LogP contribution is -2.24. The Kier molecular flexibility index (Phi) is 7.61. The fourth-order valence-electron chi connectivity index (χ4n) is 2.43. The molecule has 0 spiro atoms. The van der Waals surface area contributed by atoms with E-state index in [0.29, 0.717) is 28.6 Å². The van der Waals surface area contributed by atoms with Crippen molar-refractivity contribution in [3.8, 4) is 11.5 Å².